The summed E-state index contributed by atoms with van der Waals surface area (Å²) in [4.78, 5) is 11.6. The average molecular weight is 232 g/mol. The molecule has 0 amide bonds. The lowest BCUT2D eigenvalue weighted by Gasteiger charge is -2.08. The van der Waals surface area contributed by atoms with E-state index in [1.165, 1.54) is 14.2 Å². The molecule has 0 saturated heterocycles. The molecule has 0 bridgehead atoms. The topological polar surface area (TPSA) is 55.8 Å². The number of methoxy groups -OCH3 is 2. The van der Waals surface area contributed by atoms with Crippen molar-refractivity contribution in [3.63, 3.8) is 0 Å². The summed E-state index contributed by atoms with van der Waals surface area (Å²) in [6.07, 6.45) is 0. The number of phenols is 1. The molecule has 0 aliphatic carbocycles. The molecule has 0 heterocycles. The smallest absolute Gasteiger partial charge is 0.341 e. The van der Waals surface area contributed by atoms with Crippen molar-refractivity contribution in [3.8, 4) is 11.5 Å². The van der Waals surface area contributed by atoms with Crippen molar-refractivity contribution in [1.82, 2.24) is 0 Å². The second kappa shape index (κ2) is 4.33. The van der Waals surface area contributed by atoms with Crippen LogP contribution in [0.5, 0.6) is 11.5 Å². The molecule has 4 heteroatoms. The third kappa shape index (κ3) is 2.01. The number of carbonyl (C=O) groups is 1. The molecule has 0 aromatic heterocycles. The molecule has 2 aromatic rings. The van der Waals surface area contributed by atoms with E-state index in [0.29, 0.717) is 11.3 Å². The quantitative estimate of drug-likeness (QED) is 0.807. The van der Waals surface area contributed by atoms with Crippen molar-refractivity contribution in [1.29, 1.82) is 0 Å². The van der Waals surface area contributed by atoms with E-state index in [1.54, 1.807) is 30.3 Å². The number of esters is 1. The van der Waals surface area contributed by atoms with E-state index in [4.69, 9.17) is 4.74 Å². The first kappa shape index (κ1) is 11.3. The molecule has 0 radical (unpaired) electrons. The SMILES string of the molecule is COC(=O)c1cc2cc(O)ccc2cc1OC. The summed E-state index contributed by atoms with van der Waals surface area (Å²) in [7, 11) is 2.81. The van der Waals surface area contributed by atoms with Crippen molar-refractivity contribution in [2.24, 2.45) is 0 Å². The average Bonchev–Trinajstić information content (AvgIpc) is 2.36. The number of hydrogen-bond acceptors (Lipinski definition) is 4. The fourth-order valence-electron chi connectivity index (χ4n) is 1.70. The highest BCUT2D eigenvalue weighted by molar-refractivity contribution is 5.99. The Morgan fingerprint density at radius 3 is 2.53 bits per heavy atom. The first-order valence-corrected chi connectivity index (χ1v) is 5.05. The monoisotopic (exact) mass is 232 g/mol. The Morgan fingerprint density at radius 1 is 1.12 bits per heavy atom. The normalized spacial score (nSPS) is 10.2. The molecule has 2 aromatic carbocycles. The van der Waals surface area contributed by atoms with Crippen LogP contribution in [0.4, 0.5) is 0 Å². The Kier molecular flexibility index (Phi) is 2.87. The highest BCUT2D eigenvalue weighted by Crippen LogP contribution is 2.28. The zero-order valence-electron chi connectivity index (χ0n) is 9.56. The Bertz CT molecular complexity index is 575. The summed E-state index contributed by atoms with van der Waals surface area (Å²) in [5.41, 5.74) is 0.341. The lowest BCUT2D eigenvalue weighted by atomic mass is 10.1. The molecule has 2 rings (SSSR count). The van der Waals surface area contributed by atoms with E-state index in [9.17, 15) is 9.90 Å². The van der Waals surface area contributed by atoms with Crippen molar-refractivity contribution in [3.05, 3.63) is 35.9 Å². The van der Waals surface area contributed by atoms with Gasteiger partial charge in [0.15, 0.2) is 0 Å². The Hall–Kier alpha value is -2.23. The van der Waals surface area contributed by atoms with E-state index in [1.807, 2.05) is 0 Å². The van der Waals surface area contributed by atoms with Gasteiger partial charge in [0, 0.05) is 0 Å². The van der Waals surface area contributed by atoms with Gasteiger partial charge < -0.3 is 14.6 Å². The van der Waals surface area contributed by atoms with E-state index < -0.39 is 5.97 Å². The summed E-state index contributed by atoms with van der Waals surface area (Å²) in [5.74, 6) is 0.139. The number of hydrogen-bond donors (Lipinski definition) is 1. The Labute approximate surface area is 98.4 Å². The third-order valence-corrected chi connectivity index (χ3v) is 2.55. The van der Waals surface area contributed by atoms with Crippen LogP contribution in [-0.4, -0.2) is 25.3 Å². The van der Waals surface area contributed by atoms with Crippen LogP contribution in [0, 0.1) is 0 Å². The van der Waals surface area contributed by atoms with Crippen LogP contribution in [0.3, 0.4) is 0 Å². The zero-order valence-corrected chi connectivity index (χ0v) is 9.56. The van der Waals surface area contributed by atoms with Gasteiger partial charge in [0.2, 0.25) is 0 Å². The van der Waals surface area contributed by atoms with Crippen LogP contribution in [0.1, 0.15) is 10.4 Å². The largest absolute Gasteiger partial charge is 0.508 e. The molecule has 0 unspecified atom stereocenters. The van der Waals surface area contributed by atoms with Gasteiger partial charge >= 0.3 is 5.97 Å². The van der Waals surface area contributed by atoms with E-state index >= 15 is 0 Å². The fraction of sp³-hybridized carbons (Fsp3) is 0.154. The minimum Gasteiger partial charge on any atom is -0.508 e. The Morgan fingerprint density at radius 2 is 1.88 bits per heavy atom. The van der Waals surface area contributed by atoms with Gasteiger partial charge in [-0.15, -0.1) is 0 Å². The number of benzene rings is 2. The van der Waals surface area contributed by atoms with Crippen molar-refractivity contribution >= 4 is 16.7 Å². The van der Waals surface area contributed by atoms with Gasteiger partial charge in [-0.25, -0.2) is 4.79 Å². The van der Waals surface area contributed by atoms with Crippen molar-refractivity contribution in [2.45, 2.75) is 0 Å². The zero-order chi connectivity index (χ0) is 12.4. The van der Waals surface area contributed by atoms with Crippen LogP contribution in [0.25, 0.3) is 10.8 Å². The number of carbonyl (C=O) groups excluding carboxylic acids is 1. The molecule has 1 N–H and O–H groups in total. The molecule has 0 fully saturated rings. The molecule has 88 valence electrons. The number of ether oxygens (including phenoxy) is 2. The number of aromatic hydroxyl groups is 1. The lowest BCUT2D eigenvalue weighted by molar-refractivity contribution is 0.0597. The van der Waals surface area contributed by atoms with E-state index in [0.717, 1.165) is 10.8 Å². The Balaban J connectivity index is 2.69. The summed E-state index contributed by atoms with van der Waals surface area (Å²) in [6.45, 7) is 0. The van der Waals surface area contributed by atoms with E-state index in [-0.39, 0.29) is 5.75 Å². The van der Waals surface area contributed by atoms with Gasteiger partial charge in [0.25, 0.3) is 0 Å². The van der Waals surface area contributed by atoms with Crippen LogP contribution in [-0.2, 0) is 4.74 Å². The molecular weight excluding hydrogens is 220 g/mol. The fourth-order valence-corrected chi connectivity index (χ4v) is 1.70. The van der Waals surface area contributed by atoms with Crippen LogP contribution < -0.4 is 4.74 Å². The van der Waals surface area contributed by atoms with Crippen LogP contribution in [0.15, 0.2) is 30.3 Å². The number of fused-ring (bicyclic) bond motifs is 1. The molecule has 0 aliphatic heterocycles. The van der Waals surface area contributed by atoms with Gasteiger partial charge in [-0.05, 0) is 35.0 Å². The van der Waals surface area contributed by atoms with Gasteiger partial charge in [-0.2, -0.15) is 0 Å². The van der Waals surface area contributed by atoms with Crippen molar-refractivity contribution in [2.75, 3.05) is 14.2 Å². The van der Waals surface area contributed by atoms with Gasteiger partial charge in [-0.1, -0.05) is 6.07 Å². The third-order valence-electron chi connectivity index (χ3n) is 2.55. The summed E-state index contributed by atoms with van der Waals surface area (Å²) >= 11 is 0. The molecule has 17 heavy (non-hydrogen) atoms. The van der Waals surface area contributed by atoms with E-state index in [2.05, 4.69) is 4.74 Å². The first-order chi connectivity index (χ1) is 8.15. The van der Waals surface area contributed by atoms with Crippen molar-refractivity contribution < 1.29 is 19.4 Å². The predicted octanol–water partition coefficient (Wildman–Crippen LogP) is 2.34. The summed E-state index contributed by atoms with van der Waals surface area (Å²) < 4.78 is 9.82. The van der Waals surface area contributed by atoms with Gasteiger partial charge in [0.05, 0.1) is 14.2 Å². The number of phenolic OH excluding ortho intramolecular Hbond substituents is 1. The van der Waals surface area contributed by atoms with Crippen LogP contribution in [0.2, 0.25) is 0 Å². The summed E-state index contributed by atoms with van der Waals surface area (Å²) in [6, 6.07) is 8.30. The molecule has 0 atom stereocenters. The molecule has 4 nitrogen and oxygen atoms in total. The standard InChI is InChI=1S/C13H12O4/c1-16-12-7-8-3-4-10(14)5-9(8)6-11(12)13(15)17-2/h3-7,14H,1-2H3. The molecule has 0 spiro atoms. The van der Waals surface area contributed by atoms with Gasteiger partial charge in [-0.3, -0.25) is 0 Å². The highest BCUT2D eigenvalue weighted by atomic mass is 16.5. The summed E-state index contributed by atoms with van der Waals surface area (Å²) in [5, 5.41) is 11.0. The first-order valence-electron chi connectivity index (χ1n) is 5.05. The maximum atomic E-state index is 11.6. The second-order valence-corrected chi connectivity index (χ2v) is 3.58. The molecular formula is C13H12O4. The second-order valence-electron chi connectivity index (χ2n) is 3.58. The maximum Gasteiger partial charge on any atom is 0.341 e. The minimum atomic E-state index is -0.466. The minimum absolute atomic E-state index is 0.151. The predicted molar refractivity (Wildman–Crippen MR) is 63.5 cm³/mol. The van der Waals surface area contributed by atoms with Crippen LogP contribution >= 0.6 is 0 Å². The van der Waals surface area contributed by atoms with Gasteiger partial charge in [0.1, 0.15) is 17.1 Å². The highest BCUT2D eigenvalue weighted by Gasteiger charge is 2.13. The lowest BCUT2D eigenvalue weighted by Crippen LogP contribution is -2.03. The molecule has 0 saturated carbocycles. The maximum absolute atomic E-state index is 11.6. The molecule has 0 aliphatic rings. The number of rotatable bonds is 2.